The summed E-state index contributed by atoms with van der Waals surface area (Å²) in [4.78, 5) is 41.4. The molecule has 198 valence electrons. The van der Waals surface area contributed by atoms with E-state index in [1.165, 1.54) is 12.1 Å². The molecule has 2 amide bonds. The van der Waals surface area contributed by atoms with Crippen molar-refractivity contribution in [3.05, 3.63) is 56.8 Å². The number of benzene rings is 1. The highest BCUT2D eigenvalue weighted by molar-refractivity contribution is 7.89. The third kappa shape index (κ3) is 7.71. The maximum Gasteiger partial charge on any atom is 0.323 e. The van der Waals surface area contributed by atoms with E-state index in [-0.39, 0.29) is 15.7 Å². The van der Waals surface area contributed by atoms with E-state index in [2.05, 4.69) is 25.7 Å². The summed E-state index contributed by atoms with van der Waals surface area (Å²) in [5.41, 5.74) is 1.88. The number of rotatable bonds is 9. The van der Waals surface area contributed by atoms with Crippen LogP contribution < -0.4 is 20.7 Å². The molecule has 5 N–H and O–H groups in total. The molecule has 2 heterocycles. The smallest absolute Gasteiger partial charge is 0.323 e. The fraction of sp³-hybridized carbons (Fsp3) is 0.333. The number of carbonyl (C=O) groups is 3. The van der Waals surface area contributed by atoms with E-state index in [9.17, 15) is 27.9 Å². The lowest BCUT2D eigenvalue weighted by Gasteiger charge is -2.18. The van der Waals surface area contributed by atoms with Crippen LogP contribution in [0.5, 0.6) is 0 Å². The van der Waals surface area contributed by atoms with E-state index < -0.39 is 34.5 Å². The molecular formula is C24H29N5O6S2. The quantitative estimate of drug-likeness (QED) is 0.295. The highest BCUT2D eigenvalue weighted by atomic mass is 32.2. The molecular weight excluding hydrogens is 518 g/mol. The van der Waals surface area contributed by atoms with Crippen molar-refractivity contribution < 1.29 is 27.9 Å². The van der Waals surface area contributed by atoms with Crippen molar-refractivity contribution >= 4 is 51.2 Å². The number of hydrogen-bond acceptors (Lipinski definition) is 8. The molecule has 0 saturated carbocycles. The van der Waals surface area contributed by atoms with Crippen LogP contribution in [0.25, 0.3) is 6.08 Å². The first-order chi connectivity index (χ1) is 17.5. The maximum absolute atomic E-state index is 12.9. The highest BCUT2D eigenvalue weighted by Gasteiger charge is 2.28. The molecule has 11 nitrogen and oxygen atoms in total. The van der Waals surface area contributed by atoms with E-state index in [0.717, 1.165) is 29.9 Å². The van der Waals surface area contributed by atoms with Gasteiger partial charge in [-0.2, -0.15) is 4.72 Å². The predicted octanol–water partition coefficient (Wildman–Crippen LogP) is 1.31. The molecule has 1 aromatic heterocycles. The third-order valence-electron chi connectivity index (χ3n) is 5.32. The molecule has 1 unspecified atom stereocenters. The zero-order chi connectivity index (χ0) is 27.2. The van der Waals surface area contributed by atoms with Crippen molar-refractivity contribution in [3.8, 4) is 0 Å². The van der Waals surface area contributed by atoms with Crippen molar-refractivity contribution in [1.82, 2.24) is 20.7 Å². The van der Waals surface area contributed by atoms with Gasteiger partial charge in [0.1, 0.15) is 6.04 Å². The van der Waals surface area contributed by atoms with Gasteiger partial charge in [-0.05, 0) is 56.5 Å². The number of nitrogens with zero attached hydrogens (tertiary/aromatic N) is 1. The van der Waals surface area contributed by atoms with Gasteiger partial charge < -0.3 is 15.7 Å². The summed E-state index contributed by atoms with van der Waals surface area (Å²) in [6, 6.07) is 5.00. The van der Waals surface area contributed by atoms with Crippen molar-refractivity contribution in [2.24, 2.45) is 4.99 Å². The molecule has 1 aliphatic heterocycles. The van der Waals surface area contributed by atoms with Crippen LogP contribution in [0, 0.1) is 20.8 Å². The number of carboxylic acids is 1. The highest BCUT2D eigenvalue weighted by Crippen LogP contribution is 2.22. The number of thiophene rings is 1. The average Bonchev–Trinajstić information content (AvgIpc) is 3.29. The van der Waals surface area contributed by atoms with Gasteiger partial charge in [0.05, 0.1) is 9.77 Å². The fourth-order valence-electron chi connectivity index (χ4n) is 3.80. The first-order valence-corrected chi connectivity index (χ1v) is 13.7. The van der Waals surface area contributed by atoms with Gasteiger partial charge in [-0.3, -0.25) is 24.7 Å². The summed E-state index contributed by atoms with van der Waals surface area (Å²) in [5, 5.41) is 17.6. The van der Waals surface area contributed by atoms with E-state index in [1.807, 2.05) is 6.92 Å². The topological polar surface area (TPSA) is 166 Å². The van der Waals surface area contributed by atoms with Crippen LogP contribution in [-0.4, -0.2) is 62.9 Å². The van der Waals surface area contributed by atoms with Crippen molar-refractivity contribution in [2.45, 2.75) is 38.1 Å². The number of sulfonamides is 1. The molecule has 1 aliphatic rings. The van der Waals surface area contributed by atoms with Gasteiger partial charge in [0.15, 0.2) is 5.96 Å². The molecule has 0 fully saturated rings. The van der Waals surface area contributed by atoms with E-state index >= 15 is 0 Å². The molecule has 2 aromatic rings. The van der Waals surface area contributed by atoms with E-state index in [4.69, 9.17) is 0 Å². The Bertz CT molecular complexity index is 1340. The molecule has 13 heteroatoms. The van der Waals surface area contributed by atoms with Gasteiger partial charge in [0, 0.05) is 30.6 Å². The second-order valence-corrected chi connectivity index (χ2v) is 11.3. The number of aryl methyl sites for hydroxylation is 3. The molecule has 0 radical (unpaired) electrons. The van der Waals surface area contributed by atoms with Gasteiger partial charge in [-0.15, -0.1) is 11.3 Å². The minimum Gasteiger partial charge on any atom is -0.480 e. The molecule has 37 heavy (non-hydrogen) atoms. The van der Waals surface area contributed by atoms with Crippen molar-refractivity contribution in [1.29, 1.82) is 0 Å². The standard InChI is InChI=1S/C24H29N5O6S2/c1-14-11-15(2)21(16(3)12-14)37(34,35)29-18(23(32)33)13-27-22(31)19-7-5-17(36-19)6-8-20(30)28-24-25-9-4-10-26-24/h5-8,11-12,18,29H,4,9-10,13H2,1-3H3,(H,27,31)(H,32,33)(H2,25,26,28,30)/b8-6+. The lowest BCUT2D eigenvalue weighted by Crippen LogP contribution is -2.48. The summed E-state index contributed by atoms with van der Waals surface area (Å²) < 4.78 is 28.0. The summed E-state index contributed by atoms with van der Waals surface area (Å²) in [5.74, 6) is -1.95. The van der Waals surface area contributed by atoms with E-state index in [0.29, 0.717) is 28.5 Å². The number of carbonyl (C=O) groups excluding carboxylic acids is 2. The van der Waals surface area contributed by atoms with E-state index in [1.54, 1.807) is 38.1 Å². The van der Waals surface area contributed by atoms with Crippen LogP contribution in [0.3, 0.4) is 0 Å². The molecule has 1 aromatic carbocycles. The number of aliphatic imine (C=N–C) groups is 1. The van der Waals surface area contributed by atoms with Crippen LogP contribution in [0.2, 0.25) is 0 Å². The first kappa shape index (κ1) is 28.0. The number of nitrogens with one attached hydrogen (secondary N) is 4. The van der Waals surface area contributed by atoms with Gasteiger partial charge in [0.2, 0.25) is 10.0 Å². The normalized spacial score (nSPS) is 14.5. The summed E-state index contributed by atoms with van der Waals surface area (Å²) in [6.45, 7) is 6.04. The number of guanidine groups is 1. The minimum absolute atomic E-state index is 0.0146. The lowest BCUT2D eigenvalue weighted by atomic mass is 10.1. The van der Waals surface area contributed by atoms with Crippen LogP contribution in [0.1, 0.15) is 37.7 Å². The first-order valence-electron chi connectivity index (χ1n) is 11.4. The Labute approximate surface area is 219 Å². The zero-order valence-electron chi connectivity index (χ0n) is 20.6. The van der Waals surface area contributed by atoms with Crippen molar-refractivity contribution in [2.75, 3.05) is 19.6 Å². The monoisotopic (exact) mass is 547 g/mol. The van der Waals surface area contributed by atoms with Gasteiger partial charge in [0.25, 0.3) is 11.8 Å². The number of amides is 2. The SMILES string of the molecule is Cc1cc(C)c(S(=O)(=O)NC(CNC(=O)c2ccc(/C=C/C(=O)NC3=NCCCN3)s2)C(=O)O)c(C)c1. The Balaban J connectivity index is 1.60. The summed E-state index contributed by atoms with van der Waals surface area (Å²) >= 11 is 1.09. The third-order valence-corrected chi connectivity index (χ3v) is 8.15. The lowest BCUT2D eigenvalue weighted by molar-refractivity contribution is -0.138. The Hall–Kier alpha value is -3.55. The van der Waals surface area contributed by atoms with Crippen LogP contribution in [0.4, 0.5) is 0 Å². The molecule has 0 aliphatic carbocycles. The Morgan fingerprint density at radius 1 is 1.19 bits per heavy atom. The molecule has 0 bridgehead atoms. The molecule has 0 spiro atoms. The molecule has 0 saturated heterocycles. The van der Waals surface area contributed by atoms with Gasteiger partial charge >= 0.3 is 5.97 Å². The fourth-order valence-corrected chi connectivity index (χ4v) is 6.26. The predicted molar refractivity (Wildman–Crippen MR) is 141 cm³/mol. The summed E-state index contributed by atoms with van der Waals surface area (Å²) in [6.07, 6.45) is 3.76. The van der Waals surface area contributed by atoms with Crippen molar-refractivity contribution in [3.63, 3.8) is 0 Å². The average molecular weight is 548 g/mol. The van der Waals surface area contributed by atoms with Gasteiger partial charge in [-0.1, -0.05) is 17.7 Å². The number of aliphatic carboxylic acids is 1. The Kier molecular flexibility index (Phi) is 9.18. The minimum atomic E-state index is -4.16. The second-order valence-electron chi connectivity index (χ2n) is 8.49. The number of carboxylic acid groups (broad SMARTS) is 1. The Morgan fingerprint density at radius 2 is 1.89 bits per heavy atom. The second kappa shape index (κ2) is 12.1. The number of hydrogen-bond donors (Lipinski definition) is 5. The summed E-state index contributed by atoms with van der Waals surface area (Å²) in [7, 11) is -4.16. The Morgan fingerprint density at radius 3 is 2.51 bits per heavy atom. The largest absolute Gasteiger partial charge is 0.480 e. The van der Waals surface area contributed by atoms with Crippen LogP contribution >= 0.6 is 11.3 Å². The molecule has 1 atom stereocenters. The zero-order valence-corrected chi connectivity index (χ0v) is 22.3. The molecule has 3 rings (SSSR count). The van der Waals surface area contributed by atoms with Crippen LogP contribution in [-0.2, 0) is 19.6 Å². The maximum atomic E-state index is 12.9. The van der Waals surface area contributed by atoms with Gasteiger partial charge in [-0.25, -0.2) is 8.42 Å². The van der Waals surface area contributed by atoms with Crippen LogP contribution in [0.15, 0.2) is 40.2 Å².